The molecule has 2 unspecified atom stereocenters. The first-order valence-corrected chi connectivity index (χ1v) is 15.5. The average molecular weight is 602 g/mol. The number of benzene rings is 2. The third-order valence-electron chi connectivity index (χ3n) is 8.84. The van der Waals surface area contributed by atoms with Gasteiger partial charge in [0.1, 0.15) is 6.07 Å². The maximum Gasteiger partial charge on any atom is 0.103 e. The molecular weight excluding hydrogens is 565 g/mol. The highest BCUT2D eigenvalue weighted by atomic mass is 35.5. The first kappa shape index (κ1) is 26.4. The summed E-state index contributed by atoms with van der Waals surface area (Å²) in [6.45, 7) is 9.36. The second-order valence-electron chi connectivity index (χ2n) is 13.3. The van der Waals surface area contributed by atoms with E-state index in [1.165, 1.54) is 12.8 Å². The van der Waals surface area contributed by atoms with E-state index in [4.69, 9.17) is 23.2 Å². The zero-order valence-electron chi connectivity index (χ0n) is 25.1. The van der Waals surface area contributed by atoms with Crippen molar-refractivity contribution in [3.63, 3.8) is 0 Å². The Labute approximate surface area is 258 Å². The molecule has 3 heterocycles. The van der Waals surface area contributed by atoms with Gasteiger partial charge >= 0.3 is 0 Å². The molecule has 2 aromatic heterocycles. The van der Waals surface area contributed by atoms with Gasteiger partial charge in [0.05, 0.1) is 33.5 Å². The van der Waals surface area contributed by atoms with Gasteiger partial charge in [-0.1, -0.05) is 61.3 Å². The highest BCUT2D eigenvalue weighted by Crippen LogP contribution is 2.56. The Morgan fingerprint density at radius 3 is 2.55 bits per heavy atom. The number of likely N-dealkylation sites (tertiary alicyclic amines) is 1. The lowest BCUT2D eigenvalue weighted by Gasteiger charge is -2.22. The van der Waals surface area contributed by atoms with E-state index in [2.05, 4.69) is 52.4 Å². The summed E-state index contributed by atoms with van der Waals surface area (Å²) in [6, 6.07) is 14.7. The van der Waals surface area contributed by atoms with Crippen molar-refractivity contribution in [3.05, 3.63) is 81.2 Å². The van der Waals surface area contributed by atoms with Crippen LogP contribution in [0.4, 0.5) is 5.69 Å². The Morgan fingerprint density at radius 1 is 1.14 bits per heavy atom. The van der Waals surface area contributed by atoms with Crippen LogP contribution < -0.4 is 5.32 Å². The van der Waals surface area contributed by atoms with E-state index in [1.807, 2.05) is 47.3 Å². The summed E-state index contributed by atoms with van der Waals surface area (Å²) in [6.07, 6.45) is 6.50. The molecule has 42 heavy (non-hydrogen) atoms. The van der Waals surface area contributed by atoms with Crippen LogP contribution in [0.3, 0.4) is 0 Å². The van der Waals surface area contributed by atoms with Crippen molar-refractivity contribution in [1.29, 1.82) is 5.26 Å². The van der Waals surface area contributed by atoms with Gasteiger partial charge in [-0.25, -0.2) is 4.68 Å². The standard InChI is InChI=1S/C33H35Cl2N7/c1-33(2,3)18-38-30-21(13-36)14-37-31-25(30)11-19(12-28(31)35)10-24(20-4-6-22(34)7-5-20)29-17-42(40-39-29)32-26-15-41(16-27(26)32)23-8-9-23/h4-7,11-12,14,17,23-24,26-27,32H,8-10,15-16,18H2,1-3H3,(H,37,38)/t24-,26?,27?,32?/m1/s1/i24D. The van der Waals surface area contributed by atoms with Gasteiger partial charge in [0.2, 0.25) is 0 Å². The molecule has 3 aliphatic rings. The number of nitrogens with one attached hydrogen (secondary N) is 1. The van der Waals surface area contributed by atoms with Gasteiger partial charge in [0, 0.05) is 67.6 Å². The summed E-state index contributed by atoms with van der Waals surface area (Å²) >= 11 is 13.1. The molecule has 0 bridgehead atoms. The van der Waals surface area contributed by atoms with E-state index in [0.717, 1.165) is 35.6 Å². The zero-order valence-corrected chi connectivity index (χ0v) is 25.6. The molecule has 0 radical (unpaired) electrons. The van der Waals surface area contributed by atoms with Crippen molar-refractivity contribution in [2.45, 2.75) is 58.0 Å². The molecule has 0 spiro atoms. The number of aromatic nitrogens is 4. The Balaban J connectivity index is 1.25. The van der Waals surface area contributed by atoms with E-state index in [1.54, 1.807) is 6.20 Å². The molecular formula is C33H35Cl2N7. The first-order valence-electron chi connectivity index (χ1n) is 15.2. The van der Waals surface area contributed by atoms with Crippen LogP contribution >= 0.6 is 23.2 Å². The number of halogens is 2. The monoisotopic (exact) mass is 600 g/mol. The quantitative estimate of drug-likeness (QED) is 0.232. The fourth-order valence-corrected chi connectivity index (χ4v) is 6.88. The van der Waals surface area contributed by atoms with Gasteiger partial charge in [0.25, 0.3) is 0 Å². The van der Waals surface area contributed by atoms with Crippen LogP contribution in [0.5, 0.6) is 0 Å². The second-order valence-corrected chi connectivity index (χ2v) is 14.1. The summed E-state index contributed by atoms with van der Waals surface area (Å²) in [5.41, 5.74) is 3.98. The van der Waals surface area contributed by atoms with Crippen LogP contribution in [0.1, 0.15) is 69.3 Å². The predicted molar refractivity (Wildman–Crippen MR) is 167 cm³/mol. The highest BCUT2D eigenvalue weighted by Gasteiger charge is 2.59. The molecule has 2 aliphatic carbocycles. The normalized spacial score (nSPS) is 23.7. The largest absolute Gasteiger partial charge is 0.383 e. The molecule has 1 aliphatic heterocycles. The second kappa shape index (κ2) is 10.5. The molecule has 2 aromatic carbocycles. The molecule has 3 fully saturated rings. The van der Waals surface area contributed by atoms with Crippen molar-refractivity contribution < 1.29 is 1.37 Å². The number of nitrogens with zero attached hydrogens (tertiary/aromatic N) is 6. The number of fused-ring (bicyclic) bond motifs is 2. The Morgan fingerprint density at radius 2 is 1.88 bits per heavy atom. The number of nitriles is 1. The van der Waals surface area contributed by atoms with Gasteiger partial charge in [-0.15, -0.1) is 5.10 Å². The molecule has 2 saturated carbocycles. The molecule has 4 aromatic rings. The fraction of sp³-hybridized carbons (Fsp3) is 0.455. The number of anilines is 1. The minimum absolute atomic E-state index is 0.00328. The molecule has 1 N–H and O–H groups in total. The number of piperidine rings is 1. The summed E-state index contributed by atoms with van der Waals surface area (Å²) in [5.74, 6) is -0.0136. The van der Waals surface area contributed by atoms with Crippen molar-refractivity contribution >= 4 is 39.8 Å². The number of rotatable bonds is 8. The molecule has 3 atom stereocenters. The van der Waals surface area contributed by atoms with Crippen LogP contribution in [0.15, 0.2) is 48.8 Å². The number of hydrogen-bond donors (Lipinski definition) is 1. The maximum atomic E-state index is 9.92. The van der Waals surface area contributed by atoms with Crippen LogP contribution in [-0.4, -0.2) is 50.6 Å². The minimum Gasteiger partial charge on any atom is -0.383 e. The first-order chi connectivity index (χ1) is 20.5. The highest BCUT2D eigenvalue weighted by molar-refractivity contribution is 6.35. The number of hydrogen-bond acceptors (Lipinski definition) is 6. The van der Waals surface area contributed by atoms with Crippen molar-refractivity contribution in [1.82, 2.24) is 24.9 Å². The van der Waals surface area contributed by atoms with Gasteiger partial charge in [-0.2, -0.15) is 5.26 Å². The van der Waals surface area contributed by atoms with Crippen LogP contribution in [0.25, 0.3) is 10.9 Å². The molecule has 7 rings (SSSR count). The van der Waals surface area contributed by atoms with Crippen molar-refractivity contribution in [2.75, 3.05) is 25.0 Å². The van der Waals surface area contributed by atoms with Gasteiger partial charge in [-0.05, 0) is 60.1 Å². The molecule has 216 valence electrons. The summed E-state index contributed by atoms with van der Waals surface area (Å²) in [5, 5.41) is 24.4. The smallest absolute Gasteiger partial charge is 0.103 e. The van der Waals surface area contributed by atoms with Gasteiger partial charge < -0.3 is 5.32 Å². The SMILES string of the molecule is [2H][C@@](Cc1cc(Cl)c2ncc(C#N)c(NCC(C)(C)C)c2c1)(c1ccc(Cl)cc1)c1cn(C2C3CN(C4CC4)CC32)nn1. The maximum absolute atomic E-state index is 9.92. The lowest BCUT2D eigenvalue weighted by Crippen LogP contribution is -2.27. The Kier molecular flexibility index (Phi) is 6.62. The molecule has 0 amide bonds. The van der Waals surface area contributed by atoms with E-state index in [-0.39, 0.29) is 5.41 Å². The zero-order chi connectivity index (χ0) is 30.1. The third kappa shape index (κ3) is 5.37. The van der Waals surface area contributed by atoms with Crippen LogP contribution in [0.2, 0.25) is 10.0 Å². The van der Waals surface area contributed by atoms with E-state index in [9.17, 15) is 6.63 Å². The van der Waals surface area contributed by atoms with E-state index in [0.29, 0.717) is 63.3 Å². The lowest BCUT2D eigenvalue weighted by atomic mass is 9.89. The topological polar surface area (TPSA) is 82.7 Å². The van der Waals surface area contributed by atoms with Crippen LogP contribution in [-0.2, 0) is 6.42 Å². The number of pyridine rings is 1. The van der Waals surface area contributed by atoms with Gasteiger partial charge in [0.15, 0.2) is 0 Å². The molecule has 1 saturated heterocycles. The Bertz CT molecular complexity index is 1730. The summed E-state index contributed by atoms with van der Waals surface area (Å²) in [7, 11) is 0. The van der Waals surface area contributed by atoms with Crippen LogP contribution in [0, 0.1) is 28.6 Å². The third-order valence-corrected chi connectivity index (χ3v) is 9.38. The summed E-state index contributed by atoms with van der Waals surface area (Å²) in [4.78, 5) is 7.14. The fourth-order valence-electron chi connectivity index (χ4n) is 6.46. The van der Waals surface area contributed by atoms with Crippen molar-refractivity contribution in [3.8, 4) is 6.07 Å². The molecule has 9 heteroatoms. The van der Waals surface area contributed by atoms with Crippen molar-refractivity contribution in [2.24, 2.45) is 17.3 Å². The van der Waals surface area contributed by atoms with Gasteiger partial charge in [-0.3, -0.25) is 9.88 Å². The van der Waals surface area contributed by atoms with E-state index >= 15 is 0 Å². The Hall–Kier alpha value is -3.18. The predicted octanol–water partition coefficient (Wildman–Crippen LogP) is 7.10. The van der Waals surface area contributed by atoms with E-state index < -0.39 is 5.89 Å². The lowest BCUT2D eigenvalue weighted by molar-refractivity contribution is 0.270. The molecule has 7 nitrogen and oxygen atoms in total. The summed E-state index contributed by atoms with van der Waals surface area (Å²) < 4.78 is 11.9. The minimum atomic E-state index is -1.25. The average Bonchev–Trinajstić information content (AvgIpc) is 3.82.